The van der Waals surface area contributed by atoms with Gasteiger partial charge >= 0.3 is 6.09 Å². The molecule has 2 bridgehead atoms. The van der Waals surface area contributed by atoms with E-state index in [2.05, 4.69) is 15.3 Å². The number of carbonyl (C=O) groups excluding carboxylic acids is 4. The van der Waals surface area contributed by atoms with Crippen LogP contribution in [0.4, 0.5) is 4.79 Å². The maximum Gasteiger partial charge on any atom is 0.405 e. The summed E-state index contributed by atoms with van der Waals surface area (Å²) in [6.45, 7) is 9.76. The van der Waals surface area contributed by atoms with Crippen molar-refractivity contribution in [3.63, 3.8) is 0 Å². The minimum atomic E-state index is -1.01. The first-order valence-corrected chi connectivity index (χ1v) is 16.3. The predicted molar refractivity (Wildman–Crippen MR) is 183 cm³/mol. The summed E-state index contributed by atoms with van der Waals surface area (Å²) >= 11 is 0. The maximum atomic E-state index is 14.2. The van der Waals surface area contributed by atoms with Gasteiger partial charge < -0.3 is 40.0 Å². The van der Waals surface area contributed by atoms with Gasteiger partial charge in [0, 0.05) is 57.5 Å². The Morgan fingerprint density at radius 2 is 1.73 bits per heavy atom. The molecule has 3 aliphatic rings. The van der Waals surface area contributed by atoms with E-state index in [1.54, 1.807) is 44.0 Å². The molecule has 0 aromatic heterocycles. The molecular weight excluding hydrogens is 634 g/mol. The molecule has 0 saturated carbocycles. The highest BCUT2D eigenvalue weighted by atomic mass is 16.6. The number of primary amides is 1. The number of ketones is 2. The molecule has 0 radical (unpaired) electrons. The maximum absolute atomic E-state index is 14.2. The number of methoxy groups -OCH3 is 3. The molecule has 1 aliphatic carbocycles. The fraction of sp³-hybridized carbons (Fsp3) is 0.571. The lowest BCUT2D eigenvalue weighted by molar-refractivity contribution is -0.121. The van der Waals surface area contributed by atoms with Gasteiger partial charge in [-0.25, -0.2) is 4.79 Å². The molecule has 270 valence electrons. The second kappa shape index (κ2) is 18.0. The summed E-state index contributed by atoms with van der Waals surface area (Å²) in [7, 11) is 6.25. The highest BCUT2D eigenvalue weighted by Gasteiger charge is 2.38. The number of fused-ring (bicyclic) bond motifs is 2. The average Bonchev–Trinajstić information content (AvgIpc) is 3.06. The van der Waals surface area contributed by atoms with E-state index in [9.17, 15) is 24.3 Å². The van der Waals surface area contributed by atoms with Crippen LogP contribution in [0, 0.1) is 11.8 Å². The molecule has 1 fully saturated rings. The van der Waals surface area contributed by atoms with Crippen LogP contribution < -0.4 is 11.1 Å². The van der Waals surface area contributed by atoms with Crippen LogP contribution in [0.1, 0.15) is 40.5 Å². The van der Waals surface area contributed by atoms with Gasteiger partial charge in [0.25, 0.3) is 5.91 Å². The number of hydrogen-bond donors (Lipinski definition) is 3. The van der Waals surface area contributed by atoms with Crippen LogP contribution in [0.15, 0.2) is 63.2 Å². The van der Waals surface area contributed by atoms with Gasteiger partial charge in [-0.1, -0.05) is 38.2 Å². The lowest BCUT2D eigenvalue weighted by Gasteiger charge is -2.30. The molecule has 0 aromatic carbocycles. The highest BCUT2D eigenvalue weighted by molar-refractivity contribution is 6.32. The Labute approximate surface area is 288 Å². The molecular formula is C35H51N5O9. The second-order valence-electron chi connectivity index (χ2n) is 12.8. The minimum Gasteiger partial charge on any atom is -0.492 e. The number of piperazine rings is 1. The van der Waals surface area contributed by atoms with Crippen LogP contribution >= 0.6 is 0 Å². The van der Waals surface area contributed by atoms with Crippen molar-refractivity contribution < 1.29 is 43.2 Å². The SMILES string of the molecule is COC1=C2C[C@@H](C)C[C@H](OC)[C@H](O)[C@@H](C)/C=C(\C)[C@H](OC(N)=O)[C@@H](OC)/C=C\C=C(/C)C(=O)NC(=C(/C=N/N3CCN(C)CC3)C1=O)C2=O. The number of aliphatic hydroxyl groups is 1. The van der Waals surface area contributed by atoms with Gasteiger partial charge in [-0.15, -0.1) is 0 Å². The first-order valence-electron chi connectivity index (χ1n) is 16.3. The summed E-state index contributed by atoms with van der Waals surface area (Å²) in [5.41, 5.74) is 5.99. The zero-order valence-corrected chi connectivity index (χ0v) is 29.7. The summed E-state index contributed by atoms with van der Waals surface area (Å²) in [6, 6.07) is 0. The number of amides is 2. The fourth-order valence-electron chi connectivity index (χ4n) is 6.04. The summed E-state index contributed by atoms with van der Waals surface area (Å²) in [6.07, 6.45) is 3.71. The lowest BCUT2D eigenvalue weighted by Crippen LogP contribution is -2.42. The van der Waals surface area contributed by atoms with Crippen LogP contribution in [0.25, 0.3) is 0 Å². The predicted octanol–water partition coefficient (Wildman–Crippen LogP) is 2.01. The van der Waals surface area contributed by atoms with Gasteiger partial charge in [0.2, 0.25) is 11.6 Å². The van der Waals surface area contributed by atoms with E-state index < -0.39 is 53.9 Å². The smallest absolute Gasteiger partial charge is 0.405 e. The molecule has 2 amide bonds. The van der Waals surface area contributed by atoms with Crippen LogP contribution in [-0.4, -0.2) is 124 Å². The quantitative estimate of drug-likeness (QED) is 0.211. The number of nitrogens with zero attached hydrogens (tertiary/aromatic N) is 3. The van der Waals surface area contributed by atoms with E-state index >= 15 is 0 Å². The van der Waals surface area contributed by atoms with E-state index in [4.69, 9.17) is 24.7 Å². The number of Topliss-reactive ketones (excluding diaryl/α,β-unsaturated/α-hetero) is 2. The molecule has 3 rings (SSSR count). The number of ether oxygens (including phenoxy) is 4. The van der Waals surface area contributed by atoms with Gasteiger partial charge in [0.05, 0.1) is 31.1 Å². The number of hydrazone groups is 1. The Kier molecular flexibility index (Phi) is 14.5. The third-order valence-corrected chi connectivity index (χ3v) is 8.97. The van der Waals surface area contributed by atoms with Crippen molar-refractivity contribution in [2.45, 2.75) is 65.0 Å². The highest BCUT2D eigenvalue weighted by Crippen LogP contribution is 2.31. The third-order valence-electron chi connectivity index (χ3n) is 8.97. The van der Waals surface area contributed by atoms with E-state index in [1.165, 1.54) is 33.6 Å². The Bertz CT molecular complexity index is 1440. The van der Waals surface area contributed by atoms with Crippen LogP contribution in [0.5, 0.6) is 0 Å². The van der Waals surface area contributed by atoms with Gasteiger partial charge in [-0.3, -0.25) is 19.4 Å². The molecule has 1 saturated heterocycles. The minimum absolute atomic E-state index is 0.0915. The molecule has 2 aliphatic heterocycles. The van der Waals surface area contributed by atoms with Crippen molar-refractivity contribution in [2.24, 2.45) is 22.7 Å². The molecule has 49 heavy (non-hydrogen) atoms. The summed E-state index contributed by atoms with van der Waals surface area (Å²) in [4.78, 5) is 55.6. The molecule has 14 nitrogen and oxygen atoms in total. The van der Waals surface area contributed by atoms with Gasteiger partial charge in [0.1, 0.15) is 11.8 Å². The van der Waals surface area contributed by atoms with Crippen molar-refractivity contribution in [3.05, 3.63) is 58.1 Å². The third kappa shape index (κ3) is 10.2. The summed E-state index contributed by atoms with van der Waals surface area (Å²) < 4.78 is 22.2. The number of hydrogen-bond acceptors (Lipinski definition) is 12. The van der Waals surface area contributed by atoms with Crippen molar-refractivity contribution >= 4 is 29.8 Å². The first-order chi connectivity index (χ1) is 23.2. The largest absolute Gasteiger partial charge is 0.492 e. The van der Waals surface area contributed by atoms with E-state index in [0.29, 0.717) is 25.1 Å². The van der Waals surface area contributed by atoms with E-state index in [0.717, 1.165) is 13.1 Å². The zero-order valence-electron chi connectivity index (χ0n) is 29.7. The Hall–Kier alpha value is -4.11. The number of allylic oxidation sites excluding steroid dienone is 4. The number of nitrogens with two attached hydrogens (primary N) is 1. The number of aliphatic hydroxyl groups excluding tert-OH is 1. The Morgan fingerprint density at radius 3 is 2.33 bits per heavy atom. The van der Waals surface area contributed by atoms with Gasteiger partial charge in [0.15, 0.2) is 11.9 Å². The topological polar surface area (TPSA) is 182 Å². The Balaban J connectivity index is 2.14. The summed E-state index contributed by atoms with van der Waals surface area (Å²) in [5, 5.41) is 20.3. The number of rotatable bonds is 6. The normalized spacial score (nSPS) is 31.6. The molecule has 0 unspecified atom stereocenters. The number of carbonyl (C=O) groups is 4. The second-order valence-corrected chi connectivity index (χ2v) is 12.8. The molecule has 0 aromatic rings. The molecule has 6 atom stereocenters. The van der Waals surface area contributed by atoms with E-state index in [1.807, 2.05) is 14.0 Å². The van der Waals surface area contributed by atoms with Crippen molar-refractivity contribution in [2.75, 3.05) is 54.6 Å². The van der Waals surface area contributed by atoms with Crippen LogP contribution in [0.3, 0.4) is 0 Å². The molecule has 0 spiro atoms. The lowest BCUT2D eigenvalue weighted by atomic mass is 9.84. The van der Waals surface area contributed by atoms with Crippen molar-refractivity contribution in [1.29, 1.82) is 0 Å². The van der Waals surface area contributed by atoms with Crippen molar-refractivity contribution in [1.82, 2.24) is 15.2 Å². The fourth-order valence-corrected chi connectivity index (χ4v) is 6.04. The first kappa shape index (κ1) is 39.3. The standard InChI is InChI=1S/C35H51N5O9/c1-20-16-24-30(42)28(25(31(43)33(24)48-8)19-37-40-14-12-39(5)13-15-40)38-34(44)21(2)10-9-11-26(46-6)32(49-35(36)45)23(4)18-22(3)29(41)27(17-20)47-7/h9-11,18-20,22,26-27,29,32,41H,12-17H2,1-8H3,(H2,36,45)(H,38,44)/b11-9-,21-10+,23-18+,37-19+/t20-,22+,26+,27+,29-,32+/m1/s1. The zero-order chi connectivity index (χ0) is 36.4. The molecule has 4 N–H and O–H groups in total. The average molecular weight is 686 g/mol. The molecule has 2 heterocycles. The van der Waals surface area contributed by atoms with Gasteiger partial charge in [-0.2, -0.15) is 5.10 Å². The van der Waals surface area contributed by atoms with Crippen LogP contribution in [0.2, 0.25) is 0 Å². The number of nitrogens with one attached hydrogen (secondary N) is 1. The molecule has 14 heteroatoms. The van der Waals surface area contributed by atoms with E-state index in [-0.39, 0.29) is 40.5 Å². The van der Waals surface area contributed by atoms with Gasteiger partial charge in [-0.05, 0) is 45.2 Å². The van der Waals surface area contributed by atoms with Crippen molar-refractivity contribution in [3.8, 4) is 0 Å². The monoisotopic (exact) mass is 685 g/mol. The Morgan fingerprint density at radius 1 is 1.06 bits per heavy atom. The van der Waals surface area contributed by atoms with Crippen LogP contribution in [-0.2, 0) is 33.3 Å². The number of likely N-dealkylation sites (N-methyl/N-ethyl adjacent to an activating group) is 1. The summed E-state index contributed by atoms with van der Waals surface area (Å²) in [5.74, 6) is -2.63.